The van der Waals surface area contributed by atoms with Crippen molar-refractivity contribution in [1.82, 2.24) is 5.32 Å². The molecule has 0 saturated carbocycles. The van der Waals surface area contributed by atoms with Crippen LogP contribution in [-0.4, -0.2) is 47.6 Å². The molecule has 1 amide bonds. The van der Waals surface area contributed by atoms with Crippen molar-refractivity contribution in [3.05, 3.63) is 0 Å². The fourth-order valence-corrected chi connectivity index (χ4v) is 2.41. The monoisotopic (exact) mass is 215 g/mol. The number of rotatable bonds is 2. The molecular formula is C10H17NO4. The first-order chi connectivity index (χ1) is 7.15. The van der Waals surface area contributed by atoms with Crippen molar-refractivity contribution in [3.63, 3.8) is 0 Å². The number of aliphatic hydroxyl groups is 2. The summed E-state index contributed by atoms with van der Waals surface area (Å²) < 4.78 is 5.17. The molecule has 0 bridgehead atoms. The molecule has 5 heteroatoms. The van der Waals surface area contributed by atoms with Crippen molar-refractivity contribution < 1.29 is 19.7 Å². The van der Waals surface area contributed by atoms with Crippen molar-refractivity contribution in [2.75, 3.05) is 19.8 Å². The Morgan fingerprint density at radius 2 is 2.13 bits per heavy atom. The van der Waals surface area contributed by atoms with E-state index in [1.807, 2.05) is 0 Å². The van der Waals surface area contributed by atoms with Gasteiger partial charge in [-0.1, -0.05) is 0 Å². The minimum atomic E-state index is -0.938. The third-order valence-corrected chi connectivity index (χ3v) is 3.41. The van der Waals surface area contributed by atoms with E-state index in [9.17, 15) is 9.90 Å². The second-order valence-corrected chi connectivity index (χ2v) is 4.39. The molecule has 0 spiro atoms. The molecule has 2 atom stereocenters. The van der Waals surface area contributed by atoms with E-state index in [0.29, 0.717) is 32.5 Å². The Labute approximate surface area is 88.4 Å². The molecule has 1 unspecified atom stereocenters. The number of carbonyl (C=O) groups is 1. The lowest BCUT2D eigenvalue weighted by molar-refractivity contribution is -0.139. The number of hydrogen-bond donors (Lipinski definition) is 3. The molecule has 0 aromatic heterocycles. The van der Waals surface area contributed by atoms with E-state index in [-0.39, 0.29) is 18.6 Å². The largest absolute Gasteiger partial charge is 0.394 e. The molecule has 15 heavy (non-hydrogen) atoms. The van der Waals surface area contributed by atoms with Crippen molar-refractivity contribution in [3.8, 4) is 0 Å². The zero-order valence-corrected chi connectivity index (χ0v) is 8.61. The lowest BCUT2D eigenvalue weighted by atomic mass is 9.79. The molecule has 0 radical (unpaired) electrons. The highest BCUT2D eigenvalue weighted by Crippen LogP contribution is 2.34. The Kier molecular flexibility index (Phi) is 2.95. The van der Waals surface area contributed by atoms with Crippen LogP contribution in [0.3, 0.4) is 0 Å². The van der Waals surface area contributed by atoms with Crippen LogP contribution in [0, 0.1) is 5.92 Å². The highest BCUT2D eigenvalue weighted by atomic mass is 16.5. The second kappa shape index (κ2) is 4.08. The standard InChI is InChI=1S/C10H17NO4/c12-6-7-5-8(9(13)11-7)10(14)1-3-15-4-2-10/h7-8,12,14H,1-6H2,(H,11,13)/t7-,8?/m0/s1. The summed E-state index contributed by atoms with van der Waals surface area (Å²) >= 11 is 0. The van der Waals surface area contributed by atoms with Crippen molar-refractivity contribution in [2.24, 2.45) is 5.92 Å². The molecule has 2 rings (SSSR count). The summed E-state index contributed by atoms with van der Waals surface area (Å²) in [5.41, 5.74) is -0.938. The Balaban J connectivity index is 2.06. The lowest BCUT2D eigenvalue weighted by Gasteiger charge is -2.35. The zero-order valence-electron chi connectivity index (χ0n) is 8.61. The molecular weight excluding hydrogens is 198 g/mol. The molecule has 2 aliphatic heterocycles. The maximum atomic E-state index is 11.6. The summed E-state index contributed by atoms with van der Waals surface area (Å²) in [5, 5.41) is 22.0. The van der Waals surface area contributed by atoms with Crippen LogP contribution in [0.2, 0.25) is 0 Å². The van der Waals surface area contributed by atoms with Gasteiger partial charge in [0, 0.05) is 26.1 Å². The van der Waals surface area contributed by atoms with E-state index in [2.05, 4.69) is 5.32 Å². The van der Waals surface area contributed by atoms with Gasteiger partial charge in [-0.05, 0) is 6.42 Å². The first kappa shape index (κ1) is 10.9. The molecule has 2 aliphatic rings. The molecule has 0 aromatic rings. The summed E-state index contributed by atoms with van der Waals surface area (Å²) in [6, 6.07) is -0.200. The SMILES string of the molecule is O=C1N[C@H](CO)CC1C1(O)CCOCC1. The Morgan fingerprint density at radius 1 is 1.47 bits per heavy atom. The van der Waals surface area contributed by atoms with E-state index >= 15 is 0 Å². The molecule has 2 saturated heterocycles. The molecule has 2 fully saturated rings. The van der Waals surface area contributed by atoms with Gasteiger partial charge >= 0.3 is 0 Å². The van der Waals surface area contributed by atoms with E-state index in [4.69, 9.17) is 9.84 Å². The summed E-state index contributed by atoms with van der Waals surface area (Å²) in [6.45, 7) is 0.947. The molecule has 2 heterocycles. The lowest BCUT2D eigenvalue weighted by Crippen LogP contribution is -2.46. The van der Waals surface area contributed by atoms with Crippen LogP contribution >= 0.6 is 0 Å². The molecule has 3 N–H and O–H groups in total. The van der Waals surface area contributed by atoms with E-state index in [0.717, 1.165) is 0 Å². The summed E-state index contributed by atoms with van der Waals surface area (Å²) in [7, 11) is 0. The quantitative estimate of drug-likeness (QED) is 0.553. The third-order valence-electron chi connectivity index (χ3n) is 3.41. The van der Waals surface area contributed by atoms with Crippen LogP contribution < -0.4 is 5.32 Å². The van der Waals surface area contributed by atoms with Gasteiger partial charge < -0.3 is 20.3 Å². The van der Waals surface area contributed by atoms with Gasteiger partial charge in [-0.25, -0.2) is 0 Å². The smallest absolute Gasteiger partial charge is 0.226 e. The minimum Gasteiger partial charge on any atom is -0.394 e. The molecule has 0 aliphatic carbocycles. The van der Waals surface area contributed by atoms with Gasteiger partial charge in [0.05, 0.1) is 24.2 Å². The summed E-state index contributed by atoms with van der Waals surface area (Å²) in [6.07, 6.45) is 1.53. The number of nitrogens with one attached hydrogen (secondary N) is 1. The van der Waals surface area contributed by atoms with Gasteiger partial charge in [-0.2, -0.15) is 0 Å². The highest BCUT2D eigenvalue weighted by molar-refractivity contribution is 5.82. The van der Waals surface area contributed by atoms with Crippen LogP contribution in [0.4, 0.5) is 0 Å². The van der Waals surface area contributed by atoms with Crippen molar-refractivity contribution in [1.29, 1.82) is 0 Å². The number of hydrogen-bond acceptors (Lipinski definition) is 4. The van der Waals surface area contributed by atoms with Gasteiger partial charge in [0.15, 0.2) is 0 Å². The molecule has 5 nitrogen and oxygen atoms in total. The van der Waals surface area contributed by atoms with Crippen molar-refractivity contribution >= 4 is 5.91 Å². The highest BCUT2D eigenvalue weighted by Gasteiger charge is 2.47. The molecule has 0 aromatic carbocycles. The van der Waals surface area contributed by atoms with Gasteiger partial charge in [0.25, 0.3) is 0 Å². The predicted octanol–water partition coefficient (Wildman–Crippen LogP) is -0.975. The first-order valence-electron chi connectivity index (χ1n) is 5.37. The van der Waals surface area contributed by atoms with Crippen molar-refractivity contribution in [2.45, 2.75) is 30.9 Å². The fourth-order valence-electron chi connectivity index (χ4n) is 2.41. The average molecular weight is 215 g/mol. The molecule has 86 valence electrons. The number of aliphatic hydroxyl groups excluding tert-OH is 1. The Morgan fingerprint density at radius 3 is 2.67 bits per heavy atom. The Bertz CT molecular complexity index is 250. The van der Waals surface area contributed by atoms with Gasteiger partial charge in [-0.3, -0.25) is 4.79 Å². The van der Waals surface area contributed by atoms with E-state index in [1.165, 1.54) is 0 Å². The normalized spacial score (nSPS) is 35.2. The van der Waals surface area contributed by atoms with E-state index in [1.54, 1.807) is 0 Å². The van der Waals surface area contributed by atoms with Crippen LogP contribution in [0.15, 0.2) is 0 Å². The number of ether oxygens (including phenoxy) is 1. The summed E-state index contributed by atoms with van der Waals surface area (Å²) in [5.74, 6) is -0.531. The maximum Gasteiger partial charge on any atom is 0.226 e. The second-order valence-electron chi connectivity index (χ2n) is 4.39. The maximum absolute atomic E-state index is 11.6. The topological polar surface area (TPSA) is 78.8 Å². The zero-order chi connectivity index (χ0) is 10.9. The van der Waals surface area contributed by atoms with Gasteiger partial charge in [0.1, 0.15) is 0 Å². The predicted molar refractivity (Wildman–Crippen MR) is 52.1 cm³/mol. The number of amides is 1. The Hall–Kier alpha value is -0.650. The van der Waals surface area contributed by atoms with Crippen LogP contribution in [-0.2, 0) is 9.53 Å². The summed E-state index contributed by atoms with van der Waals surface area (Å²) in [4.78, 5) is 11.6. The fraction of sp³-hybridized carbons (Fsp3) is 0.900. The average Bonchev–Trinajstić information content (AvgIpc) is 2.61. The van der Waals surface area contributed by atoms with Gasteiger partial charge in [-0.15, -0.1) is 0 Å². The minimum absolute atomic E-state index is 0.0607. The van der Waals surface area contributed by atoms with E-state index < -0.39 is 11.5 Å². The van der Waals surface area contributed by atoms with Gasteiger partial charge in [0.2, 0.25) is 5.91 Å². The van der Waals surface area contributed by atoms with Crippen LogP contribution in [0.1, 0.15) is 19.3 Å². The van der Waals surface area contributed by atoms with Crippen LogP contribution in [0.5, 0.6) is 0 Å². The third kappa shape index (κ3) is 2.00. The van der Waals surface area contributed by atoms with Crippen LogP contribution in [0.25, 0.3) is 0 Å². The number of carbonyl (C=O) groups excluding carboxylic acids is 1. The first-order valence-corrected chi connectivity index (χ1v) is 5.37.